The molecule has 0 heterocycles. The fourth-order valence-corrected chi connectivity index (χ4v) is 3.49. The van der Waals surface area contributed by atoms with Gasteiger partial charge in [0.25, 0.3) is 0 Å². The number of benzene rings is 1. The Hall–Kier alpha value is -1.69. The summed E-state index contributed by atoms with van der Waals surface area (Å²) in [4.78, 5) is 17.4. The molecule has 0 spiro atoms. The average Bonchev–Trinajstić information content (AvgIpc) is 3.36. The van der Waals surface area contributed by atoms with Crippen LogP contribution in [0.3, 0.4) is 0 Å². The van der Waals surface area contributed by atoms with Gasteiger partial charge in [0.05, 0.1) is 0 Å². The lowest BCUT2D eigenvalue weighted by Gasteiger charge is -2.18. The van der Waals surface area contributed by atoms with E-state index in [1.54, 1.807) is 0 Å². The summed E-state index contributed by atoms with van der Waals surface area (Å²) in [7, 11) is 0. The van der Waals surface area contributed by atoms with Crippen LogP contribution in [0, 0.1) is 0 Å². The zero-order chi connectivity index (χ0) is 17.3. The van der Waals surface area contributed by atoms with E-state index < -0.39 is 0 Å². The third-order valence-electron chi connectivity index (χ3n) is 3.76. The SMILES string of the molecule is CCCNC(=O)CN=C(NCC)NCC1(Sc2ccccc2)CC1. The number of rotatable bonds is 9. The number of nitrogens with zero attached hydrogens (tertiary/aromatic N) is 1. The van der Waals surface area contributed by atoms with Crippen molar-refractivity contribution in [1.29, 1.82) is 0 Å². The number of hydrogen-bond donors (Lipinski definition) is 3. The summed E-state index contributed by atoms with van der Waals surface area (Å²) >= 11 is 1.93. The first-order valence-corrected chi connectivity index (χ1v) is 9.52. The number of thioether (sulfide) groups is 1. The minimum absolute atomic E-state index is 0.0335. The van der Waals surface area contributed by atoms with Gasteiger partial charge < -0.3 is 16.0 Å². The van der Waals surface area contributed by atoms with Gasteiger partial charge in [0.1, 0.15) is 6.54 Å². The van der Waals surface area contributed by atoms with E-state index in [2.05, 4.69) is 45.2 Å². The van der Waals surface area contributed by atoms with Crippen molar-refractivity contribution >= 4 is 23.6 Å². The molecule has 0 saturated heterocycles. The van der Waals surface area contributed by atoms with E-state index in [-0.39, 0.29) is 17.2 Å². The van der Waals surface area contributed by atoms with Crippen LogP contribution in [0.5, 0.6) is 0 Å². The molecule has 1 saturated carbocycles. The van der Waals surface area contributed by atoms with Gasteiger partial charge in [0, 0.05) is 29.3 Å². The Morgan fingerprint density at radius 2 is 1.92 bits per heavy atom. The van der Waals surface area contributed by atoms with Gasteiger partial charge >= 0.3 is 0 Å². The fourth-order valence-electron chi connectivity index (χ4n) is 2.25. The lowest BCUT2D eigenvalue weighted by Crippen LogP contribution is -2.42. The maximum absolute atomic E-state index is 11.7. The Labute approximate surface area is 149 Å². The highest BCUT2D eigenvalue weighted by atomic mass is 32.2. The van der Waals surface area contributed by atoms with E-state index >= 15 is 0 Å². The largest absolute Gasteiger partial charge is 0.357 e. The molecule has 24 heavy (non-hydrogen) atoms. The standard InChI is InChI=1S/C18H28N4OS/c1-3-12-20-16(23)13-21-17(19-4-2)22-14-18(10-11-18)24-15-8-6-5-7-9-15/h5-9H,3-4,10-14H2,1-2H3,(H,20,23)(H2,19,21,22). The molecule has 0 bridgehead atoms. The second-order valence-electron chi connectivity index (χ2n) is 6.00. The number of amides is 1. The topological polar surface area (TPSA) is 65.5 Å². The molecule has 0 aromatic heterocycles. The normalized spacial score (nSPS) is 15.7. The van der Waals surface area contributed by atoms with Crippen LogP contribution in [0.1, 0.15) is 33.1 Å². The molecule has 2 rings (SSSR count). The molecule has 1 amide bonds. The summed E-state index contributed by atoms with van der Waals surface area (Å²) in [6.45, 7) is 6.56. The summed E-state index contributed by atoms with van der Waals surface area (Å²) in [5, 5.41) is 9.44. The van der Waals surface area contributed by atoms with Crippen LogP contribution >= 0.6 is 11.8 Å². The monoisotopic (exact) mass is 348 g/mol. The van der Waals surface area contributed by atoms with Gasteiger partial charge in [-0.3, -0.25) is 4.79 Å². The second-order valence-corrected chi connectivity index (χ2v) is 7.54. The maximum atomic E-state index is 11.7. The molecular weight excluding hydrogens is 320 g/mol. The Morgan fingerprint density at radius 1 is 1.17 bits per heavy atom. The molecular formula is C18H28N4OS. The Kier molecular flexibility index (Phi) is 7.43. The molecule has 6 heteroatoms. The quantitative estimate of drug-likeness (QED) is 0.474. The number of carbonyl (C=O) groups excluding carboxylic acids is 1. The molecule has 0 atom stereocenters. The summed E-state index contributed by atoms with van der Waals surface area (Å²) in [6, 6.07) is 10.5. The molecule has 5 nitrogen and oxygen atoms in total. The highest BCUT2D eigenvalue weighted by Crippen LogP contribution is 2.51. The van der Waals surface area contributed by atoms with Gasteiger partial charge in [0.2, 0.25) is 5.91 Å². The fraction of sp³-hybridized carbons (Fsp3) is 0.556. The van der Waals surface area contributed by atoms with Crippen LogP contribution in [0.25, 0.3) is 0 Å². The van der Waals surface area contributed by atoms with Gasteiger partial charge in [-0.15, -0.1) is 11.8 Å². The van der Waals surface area contributed by atoms with Gasteiger partial charge in [-0.25, -0.2) is 4.99 Å². The molecule has 1 fully saturated rings. The van der Waals surface area contributed by atoms with Crippen LogP contribution in [0.4, 0.5) is 0 Å². The first kappa shape index (κ1) is 18.6. The molecule has 132 valence electrons. The van der Waals surface area contributed by atoms with Crippen molar-refractivity contribution in [2.24, 2.45) is 4.99 Å². The van der Waals surface area contributed by atoms with Gasteiger partial charge in [-0.1, -0.05) is 25.1 Å². The molecule has 1 aliphatic carbocycles. The summed E-state index contributed by atoms with van der Waals surface area (Å²) in [5.41, 5.74) is 0. The van der Waals surface area contributed by atoms with Gasteiger partial charge in [0.15, 0.2) is 5.96 Å². The predicted octanol–water partition coefficient (Wildman–Crippen LogP) is 2.39. The van der Waals surface area contributed by atoms with Gasteiger partial charge in [-0.05, 0) is 38.3 Å². The summed E-state index contributed by atoms with van der Waals surface area (Å²) < 4.78 is 0.252. The first-order chi connectivity index (χ1) is 11.7. The van der Waals surface area contributed by atoms with E-state index in [4.69, 9.17) is 0 Å². The minimum Gasteiger partial charge on any atom is -0.357 e. The lowest BCUT2D eigenvalue weighted by molar-refractivity contribution is -0.119. The zero-order valence-electron chi connectivity index (χ0n) is 14.6. The van der Waals surface area contributed by atoms with Crippen LogP contribution in [-0.2, 0) is 4.79 Å². The highest BCUT2D eigenvalue weighted by Gasteiger charge is 2.43. The van der Waals surface area contributed by atoms with Crippen molar-refractivity contribution < 1.29 is 4.79 Å². The third-order valence-corrected chi connectivity index (χ3v) is 5.25. The van der Waals surface area contributed by atoms with E-state index in [0.717, 1.165) is 19.5 Å². The number of nitrogens with one attached hydrogen (secondary N) is 3. The Balaban J connectivity index is 1.83. The van der Waals surface area contributed by atoms with Crippen LogP contribution in [0.2, 0.25) is 0 Å². The molecule has 3 N–H and O–H groups in total. The molecule has 0 radical (unpaired) electrons. The van der Waals surface area contributed by atoms with Crippen molar-refractivity contribution in [2.45, 2.75) is 42.8 Å². The van der Waals surface area contributed by atoms with Crippen LogP contribution in [-0.4, -0.2) is 42.8 Å². The number of aliphatic imine (C=N–C) groups is 1. The van der Waals surface area contributed by atoms with Crippen LogP contribution in [0.15, 0.2) is 40.2 Å². The molecule has 0 aliphatic heterocycles. The smallest absolute Gasteiger partial charge is 0.241 e. The minimum atomic E-state index is -0.0335. The first-order valence-electron chi connectivity index (χ1n) is 8.70. The van der Waals surface area contributed by atoms with Gasteiger partial charge in [-0.2, -0.15) is 0 Å². The van der Waals surface area contributed by atoms with Crippen molar-refractivity contribution in [2.75, 3.05) is 26.2 Å². The maximum Gasteiger partial charge on any atom is 0.241 e. The zero-order valence-corrected chi connectivity index (χ0v) is 15.4. The van der Waals surface area contributed by atoms with Crippen molar-refractivity contribution in [3.63, 3.8) is 0 Å². The lowest BCUT2D eigenvalue weighted by atomic mass is 10.4. The molecule has 0 unspecified atom stereocenters. The average molecular weight is 349 g/mol. The van der Waals surface area contributed by atoms with E-state index in [1.165, 1.54) is 17.7 Å². The molecule has 1 aromatic rings. The number of guanidine groups is 1. The Bertz CT molecular complexity index is 543. The number of carbonyl (C=O) groups is 1. The predicted molar refractivity (Wildman–Crippen MR) is 102 cm³/mol. The summed E-state index contributed by atoms with van der Waals surface area (Å²) in [6.07, 6.45) is 3.35. The Morgan fingerprint density at radius 3 is 2.54 bits per heavy atom. The second kappa shape index (κ2) is 9.57. The summed E-state index contributed by atoms with van der Waals surface area (Å²) in [5.74, 6) is 0.679. The number of hydrogen-bond acceptors (Lipinski definition) is 3. The highest BCUT2D eigenvalue weighted by molar-refractivity contribution is 8.01. The van der Waals surface area contributed by atoms with Crippen molar-refractivity contribution in [1.82, 2.24) is 16.0 Å². The molecule has 1 aromatic carbocycles. The van der Waals surface area contributed by atoms with Crippen molar-refractivity contribution in [3.05, 3.63) is 30.3 Å². The van der Waals surface area contributed by atoms with Crippen LogP contribution < -0.4 is 16.0 Å². The van der Waals surface area contributed by atoms with Crippen molar-refractivity contribution in [3.8, 4) is 0 Å². The third kappa shape index (κ3) is 6.43. The van der Waals surface area contributed by atoms with E-state index in [9.17, 15) is 4.79 Å². The van der Waals surface area contributed by atoms with E-state index in [0.29, 0.717) is 12.5 Å². The molecule has 1 aliphatic rings. The van der Waals surface area contributed by atoms with E-state index in [1.807, 2.05) is 31.7 Å².